The molecule has 3 saturated heterocycles. The van der Waals surface area contributed by atoms with Gasteiger partial charge in [-0.1, -0.05) is 72.3 Å². The Morgan fingerprint density at radius 2 is 1.98 bits per heavy atom. The van der Waals surface area contributed by atoms with E-state index in [0.29, 0.717) is 19.4 Å². The van der Waals surface area contributed by atoms with Crippen molar-refractivity contribution >= 4 is 33.7 Å². The monoisotopic (exact) mass is 616 g/mol. The van der Waals surface area contributed by atoms with E-state index in [1.165, 1.54) is 4.90 Å². The van der Waals surface area contributed by atoms with Gasteiger partial charge in [-0.15, -0.1) is 13.2 Å². The third kappa shape index (κ3) is 5.52. The molecular weight excluding hydrogens is 576 g/mol. The number of hydrogen-bond donors (Lipinski definition) is 1. The molecule has 1 aromatic carbocycles. The van der Waals surface area contributed by atoms with Crippen molar-refractivity contribution < 1.29 is 29.0 Å². The summed E-state index contributed by atoms with van der Waals surface area (Å²) in [6.45, 7) is 11.9. The highest BCUT2D eigenvalue weighted by Gasteiger charge is 2.77. The van der Waals surface area contributed by atoms with E-state index in [1.54, 1.807) is 11.0 Å². The zero-order valence-corrected chi connectivity index (χ0v) is 25.0. The Morgan fingerprint density at radius 3 is 2.60 bits per heavy atom. The fraction of sp³-hybridized carbons (Fsp3) is 0.581. The van der Waals surface area contributed by atoms with E-state index in [-0.39, 0.29) is 42.3 Å². The van der Waals surface area contributed by atoms with Crippen molar-refractivity contribution in [3.8, 4) is 0 Å². The van der Waals surface area contributed by atoms with Crippen molar-refractivity contribution in [1.82, 2.24) is 9.80 Å². The Hall–Kier alpha value is -2.49. The fourth-order valence-corrected chi connectivity index (χ4v) is 7.56. The number of aliphatic hydroxyl groups is 1. The predicted octanol–water partition coefficient (Wildman–Crippen LogP) is 3.87. The summed E-state index contributed by atoms with van der Waals surface area (Å²) < 4.78 is 12.2. The molecule has 9 heteroatoms. The summed E-state index contributed by atoms with van der Waals surface area (Å²) in [4.78, 5) is 45.2. The number of carbonyl (C=O) groups is 3. The van der Waals surface area contributed by atoms with E-state index in [9.17, 15) is 19.5 Å². The number of ether oxygens (including phenoxy) is 2. The van der Waals surface area contributed by atoms with Gasteiger partial charge in [0.15, 0.2) is 0 Å². The molecule has 3 aliphatic rings. The normalized spacial score (nSPS) is 29.4. The maximum atomic E-state index is 14.5. The first-order valence-electron chi connectivity index (χ1n) is 14.2. The third-order valence-corrected chi connectivity index (χ3v) is 9.32. The molecule has 3 unspecified atom stereocenters. The number of halogens is 1. The lowest BCUT2D eigenvalue weighted by Crippen LogP contribution is -2.59. The van der Waals surface area contributed by atoms with Crippen LogP contribution in [0.2, 0.25) is 0 Å². The van der Waals surface area contributed by atoms with E-state index in [1.807, 2.05) is 50.3 Å². The Labute approximate surface area is 245 Å². The number of alkyl halides is 1. The van der Waals surface area contributed by atoms with Crippen LogP contribution in [0.3, 0.4) is 0 Å². The number of aliphatic hydroxyl groups excluding tert-OH is 1. The van der Waals surface area contributed by atoms with E-state index in [4.69, 9.17) is 9.47 Å². The summed E-state index contributed by atoms with van der Waals surface area (Å²) in [7, 11) is 0. The van der Waals surface area contributed by atoms with Crippen LogP contribution < -0.4 is 0 Å². The number of esters is 1. The van der Waals surface area contributed by atoms with Gasteiger partial charge in [0, 0.05) is 17.9 Å². The lowest BCUT2D eigenvalue weighted by molar-refractivity contribution is -0.157. The van der Waals surface area contributed by atoms with E-state index in [2.05, 4.69) is 29.1 Å². The van der Waals surface area contributed by atoms with Crippen LogP contribution >= 0.6 is 15.9 Å². The molecule has 4 rings (SSSR count). The lowest BCUT2D eigenvalue weighted by Gasteiger charge is -2.40. The van der Waals surface area contributed by atoms with Crippen LogP contribution in [0.15, 0.2) is 55.6 Å². The Kier molecular flexibility index (Phi) is 9.90. The van der Waals surface area contributed by atoms with Crippen LogP contribution in [0.1, 0.15) is 45.1 Å². The molecule has 3 heterocycles. The second kappa shape index (κ2) is 13.0. The van der Waals surface area contributed by atoms with Gasteiger partial charge < -0.3 is 24.4 Å². The number of amides is 2. The largest absolute Gasteiger partial charge is 0.465 e. The highest BCUT2D eigenvalue weighted by Crippen LogP contribution is 2.61. The first-order valence-corrected chi connectivity index (χ1v) is 15.1. The molecule has 2 bridgehead atoms. The maximum absolute atomic E-state index is 14.5. The Morgan fingerprint density at radius 1 is 1.25 bits per heavy atom. The number of likely N-dealkylation sites (tertiary alicyclic amines) is 1. The van der Waals surface area contributed by atoms with Crippen molar-refractivity contribution in [2.45, 2.75) is 74.7 Å². The summed E-state index contributed by atoms with van der Waals surface area (Å²) in [5.41, 5.74) is -0.268. The Bertz CT molecular complexity index is 1100. The molecule has 7 atom stereocenters. The molecule has 0 radical (unpaired) electrons. The molecule has 218 valence electrons. The van der Waals surface area contributed by atoms with E-state index >= 15 is 0 Å². The van der Waals surface area contributed by atoms with Gasteiger partial charge in [-0.05, 0) is 37.2 Å². The highest BCUT2D eigenvalue weighted by atomic mass is 79.9. The molecule has 2 amide bonds. The first-order chi connectivity index (χ1) is 19.2. The SMILES string of the molecule is C=CCCCCOC(=O)[C@H]1[C@@H]2OC3(CC2Br)C(C(=O)N(CC=C)Cc2ccccc2)N([C@@H](CO)C(C)C)C(=O)[C@H]13. The van der Waals surface area contributed by atoms with Crippen LogP contribution in [0, 0.1) is 17.8 Å². The number of unbranched alkanes of at least 4 members (excludes halogenated alkanes) is 2. The quantitative estimate of drug-likeness (QED) is 0.148. The first kappa shape index (κ1) is 30.5. The Balaban J connectivity index is 1.71. The molecular formula is C31H41BrN2O6. The molecule has 1 N–H and O–H groups in total. The van der Waals surface area contributed by atoms with Gasteiger partial charge in [-0.2, -0.15) is 0 Å². The van der Waals surface area contributed by atoms with Gasteiger partial charge in [0.2, 0.25) is 11.8 Å². The smallest absolute Gasteiger partial charge is 0.312 e. The van der Waals surface area contributed by atoms with Gasteiger partial charge in [0.1, 0.15) is 11.6 Å². The van der Waals surface area contributed by atoms with Crippen LogP contribution in [-0.2, 0) is 30.4 Å². The van der Waals surface area contributed by atoms with Crippen LogP contribution in [0.4, 0.5) is 0 Å². The van der Waals surface area contributed by atoms with Crippen molar-refractivity contribution in [2.75, 3.05) is 19.8 Å². The molecule has 1 spiro atoms. The zero-order chi connectivity index (χ0) is 29.0. The zero-order valence-electron chi connectivity index (χ0n) is 23.4. The van der Waals surface area contributed by atoms with Crippen molar-refractivity contribution in [2.24, 2.45) is 17.8 Å². The number of allylic oxidation sites excluding steroid dienone is 1. The van der Waals surface area contributed by atoms with Crippen LogP contribution in [0.25, 0.3) is 0 Å². The predicted molar refractivity (Wildman–Crippen MR) is 155 cm³/mol. The lowest BCUT2D eigenvalue weighted by atomic mass is 9.70. The molecule has 40 heavy (non-hydrogen) atoms. The average Bonchev–Trinajstić information content (AvgIpc) is 3.52. The number of nitrogens with zero attached hydrogens (tertiary/aromatic N) is 2. The fourth-order valence-electron chi connectivity index (χ4n) is 6.62. The second-order valence-corrected chi connectivity index (χ2v) is 12.5. The average molecular weight is 618 g/mol. The highest BCUT2D eigenvalue weighted by molar-refractivity contribution is 9.09. The van der Waals surface area contributed by atoms with E-state index < -0.39 is 41.6 Å². The van der Waals surface area contributed by atoms with Gasteiger partial charge in [-0.25, -0.2) is 0 Å². The van der Waals surface area contributed by atoms with Crippen LogP contribution in [0.5, 0.6) is 0 Å². The van der Waals surface area contributed by atoms with Crippen molar-refractivity contribution in [3.05, 3.63) is 61.2 Å². The molecule has 3 aliphatic heterocycles. The number of carbonyl (C=O) groups excluding carboxylic acids is 3. The molecule has 0 saturated carbocycles. The number of rotatable bonds is 14. The minimum Gasteiger partial charge on any atom is -0.465 e. The minimum atomic E-state index is -1.21. The van der Waals surface area contributed by atoms with Gasteiger partial charge >= 0.3 is 5.97 Å². The third-order valence-electron chi connectivity index (χ3n) is 8.47. The summed E-state index contributed by atoms with van der Waals surface area (Å²) in [5.74, 6) is -2.92. The molecule has 0 aromatic heterocycles. The summed E-state index contributed by atoms with van der Waals surface area (Å²) in [6.07, 6.45) is 5.69. The second-order valence-electron chi connectivity index (χ2n) is 11.3. The van der Waals surface area contributed by atoms with Crippen molar-refractivity contribution in [1.29, 1.82) is 0 Å². The number of benzene rings is 1. The maximum Gasteiger partial charge on any atom is 0.312 e. The van der Waals surface area contributed by atoms with E-state index in [0.717, 1.165) is 18.4 Å². The standard InChI is InChI=1S/C31H41BrN2O6/c1-5-7-8-12-16-39-30(38)24-25-28(36)34(23(19-35)20(3)4)27(31(25)17-22(32)26(24)40-31)29(37)33(15-6-2)18-21-13-10-9-11-14-21/h5-6,9-11,13-14,20,22-27,35H,1-2,7-8,12,15-19H2,3-4H3/t22?,23-,24+,25-,26+,27?,31?/m0/s1. The van der Waals surface area contributed by atoms with Crippen LogP contribution in [-0.4, -0.2) is 81.1 Å². The van der Waals surface area contributed by atoms with Gasteiger partial charge in [-0.3, -0.25) is 14.4 Å². The summed E-state index contributed by atoms with van der Waals surface area (Å²) >= 11 is 3.69. The van der Waals surface area contributed by atoms with Gasteiger partial charge in [0.25, 0.3) is 0 Å². The number of fused-ring (bicyclic) bond motifs is 1. The number of hydrogen-bond acceptors (Lipinski definition) is 6. The molecule has 8 nitrogen and oxygen atoms in total. The minimum absolute atomic E-state index is 0.131. The summed E-state index contributed by atoms with van der Waals surface area (Å²) in [6, 6.07) is 8.02. The summed E-state index contributed by atoms with van der Waals surface area (Å²) in [5, 5.41) is 10.4. The topological polar surface area (TPSA) is 96.4 Å². The molecule has 1 aromatic rings. The molecule has 0 aliphatic carbocycles. The van der Waals surface area contributed by atoms with Gasteiger partial charge in [0.05, 0.1) is 37.2 Å². The molecule has 3 fully saturated rings. The van der Waals surface area contributed by atoms with Crippen molar-refractivity contribution in [3.63, 3.8) is 0 Å².